The van der Waals surface area contributed by atoms with E-state index in [4.69, 9.17) is 0 Å². The fraction of sp³-hybridized carbons (Fsp3) is 0.971. The van der Waals surface area contributed by atoms with Crippen molar-refractivity contribution in [3.8, 4) is 0 Å². The third-order valence-electron chi connectivity index (χ3n) is 8.42. The Morgan fingerprint density at radius 1 is 0.548 bits per heavy atom. The average molecular weight is 620 g/mol. The predicted molar refractivity (Wildman–Crippen MR) is 176 cm³/mol. The van der Waals surface area contributed by atoms with E-state index >= 15 is 0 Å². The van der Waals surface area contributed by atoms with Gasteiger partial charge in [-0.3, -0.25) is 9.35 Å². The predicted octanol–water partition coefficient (Wildman–Crippen LogP) is 8.65. The van der Waals surface area contributed by atoms with Crippen LogP contribution in [0, 0.1) is 0 Å². The second-order valence-electron chi connectivity index (χ2n) is 12.7. The molecule has 0 aromatic rings. The summed E-state index contributed by atoms with van der Waals surface area (Å²) < 4.78 is 32.2. The standard InChI is InChI=1S/C34H69NO6S/c1-3-5-7-9-11-12-13-14-15-16-17-18-19-20-21-22-23-25-27-29-33(37)34(38)35-31(30-42(39,40)41)32(36)28-26-24-10-8-6-4-2/h31-33,36-37H,3-30H2,1-2H3,(H,35,38)(H,39,40,41). The lowest BCUT2D eigenvalue weighted by Crippen LogP contribution is -2.50. The molecule has 42 heavy (non-hydrogen) atoms. The Bertz CT molecular complexity index is 702. The molecule has 0 aromatic carbocycles. The van der Waals surface area contributed by atoms with Gasteiger partial charge in [-0.2, -0.15) is 8.42 Å². The quantitative estimate of drug-likeness (QED) is 0.0441. The summed E-state index contributed by atoms with van der Waals surface area (Å²) in [5.41, 5.74) is 0. The number of carbonyl (C=O) groups is 1. The number of rotatable bonds is 32. The van der Waals surface area contributed by atoms with Crippen LogP contribution in [-0.4, -0.2) is 53.1 Å². The van der Waals surface area contributed by atoms with Crippen LogP contribution in [0.1, 0.15) is 187 Å². The zero-order chi connectivity index (χ0) is 31.3. The summed E-state index contributed by atoms with van der Waals surface area (Å²) in [7, 11) is -4.39. The number of carbonyl (C=O) groups excluding carboxylic acids is 1. The van der Waals surface area contributed by atoms with Gasteiger partial charge in [0.15, 0.2) is 0 Å². The summed E-state index contributed by atoms with van der Waals surface area (Å²) in [6, 6.07) is -1.14. The minimum absolute atomic E-state index is 0.302. The second kappa shape index (κ2) is 29.0. The van der Waals surface area contributed by atoms with Gasteiger partial charge in [0.25, 0.3) is 10.1 Å². The van der Waals surface area contributed by atoms with Crippen LogP contribution in [0.25, 0.3) is 0 Å². The van der Waals surface area contributed by atoms with Gasteiger partial charge >= 0.3 is 0 Å². The van der Waals surface area contributed by atoms with Crippen LogP contribution < -0.4 is 5.32 Å². The van der Waals surface area contributed by atoms with Crippen molar-refractivity contribution >= 4 is 16.0 Å². The summed E-state index contributed by atoms with van der Waals surface area (Å²) in [6.07, 6.45) is 28.8. The first-order valence-electron chi connectivity index (χ1n) is 17.8. The molecule has 1 amide bonds. The number of aliphatic hydroxyl groups is 2. The maximum absolute atomic E-state index is 12.5. The number of aliphatic hydroxyl groups excluding tert-OH is 2. The summed E-state index contributed by atoms with van der Waals surface area (Å²) in [6.45, 7) is 4.41. The first-order chi connectivity index (χ1) is 20.2. The molecule has 7 nitrogen and oxygen atoms in total. The molecule has 3 unspecified atom stereocenters. The van der Waals surface area contributed by atoms with Gasteiger partial charge in [0.1, 0.15) is 6.10 Å². The first-order valence-corrected chi connectivity index (χ1v) is 19.4. The fourth-order valence-corrected chi connectivity index (χ4v) is 6.40. The van der Waals surface area contributed by atoms with Crippen LogP contribution in [-0.2, 0) is 14.9 Å². The Morgan fingerprint density at radius 2 is 0.857 bits per heavy atom. The third kappa shape index (κ3) is 28.1. The van der Waals surface area contributed by atoms with E-state index < -0.39 is 40.0 Å². The molecule has 0 rings (SSSR count). The lowest BCUT2D eigenvalue weighted by atomic mass is 10.0. The highest BCUT2D eigenvalue weighted by molar-refractivity contribution is 7.85. The highest BCUT2D eigenvalue weighted by Gasteiger charge is 2.28. The lowest BCUT2D eigenvalue weighted by Gasteiger charge is -2.24. The van der Waals surface area contributed by atoms with Crippen LogP contribution in [0.3, 0.4) is 0 Å². The van der Waals surface area contributed by atoms with Gasteiger partial charge in [-0.05, 0) is 12.8 Å². The van der Waals surface area contributed by atoms with Crippen molar-refractivity contribution in [1.29, 1.82) is 0 Å². The number of unbranched alkanes of at least 4 members (excludes halogenated alkanes) is 23. The van der Waals surface area contributed by atoms with E-state index in [0.29, 0.717) is 19.3 Å². The summed E-state index contributed by atoms with van der Waals surface area (Å²) >= 11 is 0. The second-order valence-corrected chi connectivity index (χ2v) is 14.2. The molecule has 0 radical (unpaired) electrons. The van der Waals surface area contributed by atoms with Crippen LogP contribution in [0.5, 0.6) is 0 Å². The number of hydrogen-bond acceptors (Lipinski definition) is 5. The van der Waals surface area contributed by atoms with Gasteiger partial charge in [0.05, 0.1) is 17.9 Å². The molecule has 0 spiro atoms. The molecular formula is C34H69NO6S. The molecule has 8 heteroatoms. The Morgan fingerprint density at radius 3 is 1.19 bits per heavy atom. The van der Waals surface area contributed by atoms with Crippen molar-refractivity contribution in [2.45, 2.75) is 205 Å². The van der Waals surface area contributed by atoms with Crippen molar-refractivity contribution in [3.05, 3.63) is 0 Å². The van der Waals surface area contributed by atoms with E-state index in [-0.39, 0.29) is 0 Å². The van der Waals surface area contributed by atoms with E-state index in [1.165, 1.54) is 109 Å². The van der Waals surface area contributed by atoms with E-state index in [2.05, 4.69) is 19.2 Å². The van der Waals surface area contributed by atoms with Crippen LogP contribution in [0.15, 0.2) is 0 Å². The zero-order valence-electron chi connectivity index (χ0n) is 27.5. The maximum Gasteiger partial charge on any atom is 0.266 e. The van der Waals surface area contributed by atoms with Crippen molar-refractivity contribution in [1.82, 2.24) is 5.32 Å². The van der Waals surface area contributed by atoms with Crippen molar-refractivity contribution in [2.75, 3.05) is 5.75 Å². The van der Waals surface area contributed by atoms with Gasteiger partial charge in [0, 0.05) is 0 Å². The Labute approximate surface area is 260 Å². The van der Waals surface area contributed by atoms with Gasteiger partial charge < -0.3 is 15.5 Å². The normalized spacial score (nSPS) is 14.1. The molecule has 0 aliphatic heterocycles. The van der Waals surface area contributed by atoms with Gasteiger partial charge in [0.2, 0.25) is 5.91 Å². The summed E-state index contributed by atoms with van der Waals surface area (Å²) in [4.78, 5) is 12.5. The average Bonchev–Trinajstić information content (AvgIpc) is 2.94. The largest absolute Gasteiger partial charge is 0.391 e. The first kappa shape index (κ1) is 41.3. The minimum atomic E-state index is -4.39. The van der Waals surface area contributed by atoms with Crippen molar-refractivity contribution < 1.29 is 28.0 Å². The monoisotopic (exact) mass is 619 g/mol. The number of hydrogen-bond donors (Lipinski definition) is 4. The van der Waals surface area contributed by atoms with E-state index in [9.17, 15) is 28.0 Å². The molecule has 0 aromatic heterocycles. The minimum Gasteiger partial charge on any atom is -0.391 e. The van der Waals surface area contributed by atoms with Gasteiger partial charge in [-0.15, -0.1) is 0 Å². The van der Waals surface area contributed by atoms with Crippen molar-refractivity contribution in [2.24, 2.45) is 0 Å². The number of amides is 1. The zero-order valence-corrected chi connectivity index (χ0v) is 28.3. The summed E-state index contributed by atoms with van der Waals surface area (Å²) in [5.74, 6) is -1.45. The summed E-state index contributed by atoms with van der Waals surface area (Å²) in [5, 5.41) is 23.2. The molecule has 0 saturated heterocycles. The number of nitrogens with one attached hydrogen (secondary N) is 1. The molecule has 4 N–H and O–H groups in total. The smallest absolute Gasteiger partial charge is 0.266 e. The van der Waals surface area contributed by atoms with Gasteiger partial charge in [-0.1, -0.05) is 174 Å². The molecule has 0 saturated carbocycles. The molecule has 0 aliphatic carbocycles. The highest BCUT2D eigenvalue weighted by atomic mass is 32.2. The topological polar surface area (TPSA) is 124 Å². The SMILES string of the molecule is CCCCCCCCCCCCCCCCCCCCCC(O)C(=O)NC(CS(=O)(=O)O)C(O)CCCCCCCC. The molecular weight excluding hydrogens is 550 g/mol. The fourth-order valence-electron chi connectivity index (χ4n) is 5.64. The van der Waals surface area contributed by atoms with Crippen LogP contribution in [0.4, 0.5) is 0 Å². The Hall–Kier alpha value is -0.700. The molecule has 3 atom stereocenters. The lowest BCUT2D eigenvalue weighted by molar-refractivity contribution is -0.131. The molecule has 0 aliphatic rings. The Kier molecular flexibility index (Phi) is 28.6. The third-order valence-corrected chi connectivity index (χ3v) is 9.20. The Balaban J connectivity index is 3.85. The molecule has 0 fully saturated rings. The van der Waals surface area contributed by atoms with Crippen molar-refractivity contribution in [3.63, 3.8) is 0 Å². The molecule has 252 valence electrons. The van der Waals surface area contributed by atoms with Crippen LogP contribution >= 0.6 is 0 Å². The van der Waals surface area contributed by atoms with Gasteiger partial charge in [-0.25, -0.2) is 0 Å². The van der Waals surface area contributed by atoms with Crippen LogP contribution in [0.2, 0.25) is 0 Å². The highest BCUT2D eigenvalue weighted by Crippen LogP contribution is 2.16. The maximum atomic E-state index is 12.5. The van der Waals surface area contributed by atoms with E-state index in [1.54, 1.807) is 0 Å². The van der Waals surface area contributed by atoms with E-state index in [1.807, 2.05) is 0 Å². The molecule has 0 heterocycles. The molecule has 0 bridgehead atoms. The van der Waals surface area contributed by atoms with E-state index in [0.717, 1.165) is 44.9 Å².